The van der Waals surface area contributed by atoms with Gasteiger partial charge < -0.3 is 14.2 Å². The van der Waals surface area contributed by atoms with E-state index in [9.17, 15) is 4.79 Å². The summed E-state index contributed by atoms with van der Waals surface area (Å²) in [5.41, 5.74) is 1.37. The van der Waals surface area contributed by atoms with Crippen molar-refractivity contribution in [3.63, 3.8) is 0 Å². The van der Waals surface area contributed by atoms with Gasteiger partial charge in [0.15, 0.2) is 0 Å². The van der Waals surface area contributed by atoms with Gasteiger partial charge in [-0.25, -0.2) is 4.79 Å². The van der Waals surface area contributed by atoms with Crippen LogP contribution in [0.15, 0.2) is 18.2 Å². The number of benzene rings is 1. The Balaban J connectivity index is 1.90. The molecule has 0 radical (unpaired) electrons. The van der Waals surface area contributed by atoms with E-state index >= 15 is 0 Å². The van der Waals surface area contributed by atoms with Crippen LogP contribution < -0.4 is 4.74 Å². The molecule has 0 N–H and O–H groups in total. The van der Waals surface area contributed by atoms with Crippen LogP contribution in [0.5, 0.6) is 5.75 Å². The molecule has 1 fully saturated rings. The molecule has 0 aliphatic carbocycles. The minimum atomic E-state index is -0.332. The molecule has 1 aliphatic rings. The summed E-state index contributed by atoms with van der Waals surface area (Å²) in [5, 5.41) is 0. The first-order valence-electron chi connectivity index (χ1n) is 6.83. The lowest BCUT2D eigenvalue weighted by atomic mass is 10.1. The zero-order chi connectivity index (χ0) is 14.4. The predicted octanol–water partition coefficient (Wildman–Crippen LogP) is 1.49. The highest BCUT2D eigenvalue weighted by molar-refractivity contribution is 5.91. The van der Waals surface area contributed by atoms with Crippen molar-refractivity contribution in [3.8, 4) is 5.75 Å². The van der Waals surface area contributed by atoms with E-state index in [-0.39, 0.29) is 5.97 Å². The van der Waals surface area contributed by atoms with E-state index in [2.05, 4.69) is 4.90 Å². The number of carbonyl (C=O) groups is 1. The van der Waals surface area contributed by atoms with Crippen LogP contribution in [-0.2, 0) is 9.47 Å². The zero-order valence-electron chi connectivity index (χ0n) is 12.1. The fraction of sp³-hybridized carbons (Fsp3) is 0.533. The molecule has 20 heavy (non-hydrogen) atoms. The first-order valence-corrected chi connectivity index (χ1v) is 6.83. The zero-order valence-corrected chi connectivity index (χ0v) is 12.1. The number of nitrogens with zero attached hydrogens (tertiary/aromatic N) is 1. The molecule has 0 bridgehead atoms. The first-order chi connectivity index (χ1) is 9.72. The highest BCUT2D eigenvalue weighted by Crippen LogP contribution is 2.22. The van der Waals surface area contributed by atoms with Crippen molar-refractivity contribution in [3.05, 3.63) is 29.3 Å². The molecule has 2 rings (SSSR count). The Hall–Kier alpha value is -1.59. The number of rotatable bonds is 5. The minimum Gasteiger partial charge on any atom is -0.492 e. The maximum atomic E-state index is 11.6. The van der Waals surface area contributed by atoms with Crippen LogP contribution in [0.2, 0.25) is 0 Å². The van der Waals surface area contributed by atoms with E-state index in [4.69, 9.17) is 14.2 Å². The van der Waals surface area contributed by atoms with Crippen molar-refractivity contribution in [1.82, 2.24) is 4.90 Å². The van der Waals surface area contributed by atoms with Crippen molar-refractivity contribution in [1.29, 1.82) is 0 Å². The molecule has 1 saturated heterocycles. The summed E-state index contributed by atoms with van der Waals surface area (Å²) in [6.45, 7) is 6.82. The van der Waals surface area contributed by atoms with Gasteiger partial charge in [0.1, 0.15) is 12.4 Å². The van der Waals surface area contributed by atoms with Crippen LogP contribution in [0.25, 0.3) is 0 Å². The Kier molecular flexibility index (Phi) is 5.38. The number of carbonyl (C=O) groups excluding carboxylic acids is 1. The fourth-order valence-electron chi connectivity index (χ4n) is 2.21. The Labute approximate surface area is 119 Å². The Morgan fingerprint density at radius 1 is 1.35 bits per heavy atom. The van der Waals surface area contributed by atoms with Crippen LogP contribution in [0, 0.1) is 6.92 Å². The summed E-state index contributed by atoms with van der Waals surface area (Å²) in [5.74, 6) is 0.405. The Bertz CT molecular complexity index is 455. The number of hydrogen-bond acceptors (Lipinski definition) is 5. The molecule has 5 nitrogen and oxygen atoms in total. The van der Waals surface area contributed by atoms with Gasteiger partial charge >= 0.3 is 5.97 Å². The SMILES string of the molecule is COC(=O)c1cccc(OCCN2CCOCC2)c1C. The van der Waals surface area contributed by atoms with E-state index in [0.717, 1.165) is 44.2 Å². The molecular formula is C15H21NO4. The molecule has 5 heteroatoms. The van der Waals surface area contributed by atoms with Crippen LogP contribution in [0.4, 0.5) is 0 Å². The van der Waals surface area contributed by atoms with Crippen molar-refractivity contribution in [2.24, 2.45) is 0 Å². The van der Waals surface area contributed by atoms with Gasteiger partial charge in [-0.15, -0.1) is 0 Å². The van der Waals surface area contributed by atoms with Crippen molar-refractivity contribution in [2.45, 2.75) is 6.92 Å². The highest BCUT2D eigenvalue weighted by Gasteiger charge is 2.13. The molecule has 110 valence electrons. The van der Waals surface area contributed by atoms with E-state index in [1.54, 1.807) is 6.07 Å². The third-order valence-corrected chi connectivity index (χ3v) is 3.46. The summed E-state index contributed by atoms with van der Waals surface area (Å²) in [6, 6.07) is 5.43. The lowest BCUT2D eigenvalue weighted by molar-refractivity contribution is 0.0322. The summed E-state index contributed by atoms with van der Waals surface area (Å²) < 4.78 is 15.8. The van der Waals surface area contributed by atoms with E-state index in [1.165, 1.54) is 7.11 Å². The number of morpholine rings is 1. The quantitative estimate of drug-likeness (QED) is 0.764. The second kappa shape index (κ2) is 7.26. The molecule has 0 amide bonds. The second-order valence-corrected chi connectivity index (χ2v) is 4.72. The monoisotopic (exact) mass is 279 g/mol. The maximum Gasteiger partial charge on any atom is 0.338 e. The van der Waals surface area contributed by atoms with Gasteiger partial charge in [0.05, 0.1) is 25.9 Å². The number of esters is 1. The van der Waals surface area contributed by atoms with Crippen LogP contribution in [0.3, 0.4) is 0 Å². The van der Waals surface area contributed by atoms with Crippen molar-refractivity contribution >= 4 is 5.97 Å². The van der Waals surface area contributed by atoms with Gasteiger partial charge in [-0.3, -0.25) is 4.90 Å². The lowest BCUT2D eigenvalue weighted by Crippen LogP contribution is -2.38. The molecular weight excluding hydrogens is 258 g/mol. The number of methoxy groups -OCH3 is 1. The Morgan fingerprint density at radius 2 is 2.10 bits per heavy atom. The van der Waals surface area contributed by atoms with E-state index in [0.29, 0.717) is 12.2 Å². The fourth-order valence-corrected chi connectivity index (χ4v) is 2.21. The minimum absolute atomic E-state index is 0.332. The van der Waals surface area contributed by atoms with Crippen molar-refractivity contribution < 1.29 is 19.0 Å². The summed E-state index contributed by atoms with van der Waals surface area (Å²) in [7, 11) is 1.38. The molecule has 0 atom stereocenters. The molecule has 0 aromatic heterocycles. The Morgan fingerprint density at radius 3 is 2.80 bits per heavy atom. The van der Waals surface area contributed by atoms with Gasteiger partial charge in [-0.2, -0.15) is 0 Å². The number of hydrogen-bond donors (Lipinski definition) is 0. The molecule has 1 heterocycles. The third kappa shape index (κ3) is 3.71. The smallest absolute Gasteiger partial charge is 0.338 e. The van der Waals surface area contributed by atoms with Crippen LogP contribution >= 0.6 is 0 Å². The highest BCUT2D eigenvalue weighted by atomic mass is 16.5. The third-order valence-electron chi connectivity index (χ3n) is 3.46. The van der Waals surface area contributed by atoms with Crippen molar-refractivity contribution in [2.75, 3.05) is 46.6 Å². The van der Waals surface area contributed by atoms with Gasteiger partial charge in [0.2, 0.25) is 0 Å². The average Bonchev–Trinajstić information content (AvgIpc) is 2.49. The van der Waals surface area contributed by atoms with Crippen LogP contribution in [-0.4, -0.2) is 57.4 Å². The van der Waals surface area contributed by atoms with E-state index < -0.39 is 0 Å². The lowest BCUT2D eigenvalue weighted by Gasteiger charge is -2.26. The molecule has 1 aliphatic heterocycles. The summed E-state index contributed by atoms with van der Waals surface area (Å²) in [4.78, 5) is 13.9. The largest absolute Gasteiger partial charge is 0.492 e. The van der Waals surface area contributed by atoms with Gasteiger partial charge in [-0.1, -0.05) is 6.07 Å². The molecule has 1 aromatic rings. The first kappa shape index (κ1) is 14.8. The van der Waals surface area contributed by atoms with Gasteiger partial charge in [0, 0.05) is 25.2 Å². The van der Waals surface area contributed by atoms with E-state index in [1.807, 2.05) is 19.1 Å². The number of ether oxygens (including phenoxy) is 3. The second-order valence-electron chi connectivity index (χ2n) is 4.72. The maximum absolute atomic E-state index is 11.6. The van der Waals surface area contributed by atoms with Crippen LogP contribution in [0.1, 0.15) is 15.9 Å². The predicted molar refractivity (Wildman–Crippen MR) is 75.3 cm³/mol. The normalized spacial score (nSPS) is 15.9. The van der Waals surface area contributed by atoms with Gasteiger partial charge in [-0.05, 0) is 19.1 Å². The summed E-state index contributed by atoms with van der Waals surface area (Å²) >= 11 is 0. The average molecular weight is 279 g/mol. The standard InChI is InChI=1S/C15H21NO4/c1-12-13(15(17)18-2)4-3-5-14(12)20-11-8-16-6-9-19-10-7-16/h3-5H,6-11H2,1-2H3. The van der Waals surface area contributed by atoms with Gasteiger partial charge in [0.25, 0.3) is 0 Å². The molecule has 0 spiro atoms. The molecule has 0 saturated carbocycles. The topological polar surface area (TPSA) is 48.0 Å². The molecule has 0 unspecified atom stereocenters. The summed E-state index contributed by atoms with van der Waals surface area (Å²) in [6.07, 6.45) is 0. The molecule has 1 aromatic carbocycles.